The van der Waals surface area contributed by atoms with Crippen LogP contribution >= 0.6 is 52.1 Å². The van der Waals surface area contributed by atoms with E-state index in [9.17, 15) is 0 Å². The van der Waals surface area contributed by atoms with Crippen molar-refractivity contribution in [2.45, 2.75) is 0 Å². The summed E-state index contributed by atoms with van der Waals surface area (Å²) in [6, 6.07) is 5.83. The van der Waals surface area contributed by atoms with Crippen molar-refractivity contribution in [1.29, 1.82) is 0 Å². The number of hydrogen-bond donors (Lipinski definition) is 1. The highest BCUT2D eigenvalue weighted by molar-refractivity contribution is 9.10. The van der Waals surface area contributed by atoms with Crippen LogP contribution in [0.25, 0.3) is 6.08 Å². The zero-order valence-electron chi connectivity index (χ0n) is 9.81. The molecule has 1 aliphatic heterocycles. The molecule has 0 aromatic heterocycles. The first-order valence-corrected chi connectivity index (χ1v) is 7.81. The van der Waals surface area contributed by atoms with Crippen molar-refractivity contribution in [3.8, 4) is 5.75 Å². The molecule has 0 amide bonds. The van der Waals surface area contributed by atoms with Gasteiger partial charge in [-0.15, -0.1) is 0 Å². The van der Waals surface area contributed by atoms with Crippen molar-refractivity contribution in [2.24, 2.45) is 0 Å². The second-order valence-electron chi connectivity index (χ2n) is 3.63. The van der Waals surface area contributed by atoms with Gasteiger partial charge >= 0.3 is 0 Å². The number of ether oxygens (including phenoxy) is 1. The van der Waals surface area contributed by atoms with Gasteiger partial charge in [0.25, 0.3) is 0 Å². The molecule has 2 nitrogen and oxygen atoms in total. The molecule has 1 fully saturated rings. The molecule has 1 heterocycles. The largest absolute Gasteiger partial charge is 0.489 e. The first kappa shape index (κ1) is 14.7. The van der Waals surface area contributed by atoms with E-state index in [1.165, 1.54) is 11.8 Å². The van der Waals surface area contributed by atoms with E-state index in [2.05, 4.69) is 27.8 Å². The second kappa shape index (κ2) is 6.65. The third-order valence-corrected chi connectivity index (χ3v) is 4.38. The summed E-state index contributed by atoms with van der Waals surface area (Å²) < 4.78 is 7.29. The number of thioether (sulfide) groups is 1. The van der Waals surface area contributed by atoms with E-state index in [0.717, 1.165) is 20.7 Å². The lowest BCUT2D eigenvalue weighted by Crippen LogP contribution is -2.15. The van der Waals surface area contributed by atoms with Crippen LogP contribution in [0.5, 0.6) is 5.75 Å². The minimum atomic E-state index is 0.464. The zero-order valence-corrected chi connectivity index (χ0v) is 13.8. The van der Waals surface area contributed by atoms with Crippen LogP contribution in [0.15, 0.2) is 40.2 Å². The molecule has 19 heavy (non-hydrogen) atoms. The van der Waals surface area contributed by atoms with E-state index in [1.54, 1.807) is 6.08 Å². The van der Waals surface area contributed by atoms with Gasteiger partial charge in [0.2, 0.25) is 0 Å². The fourth-order valence-corrected chi connectivity index (χ4v) is 3.32. The zero-order chi connectivity index (χ0) is 13.8. The maximum absolute atomic E-state index is 5.62. The molecule has 1 saturated heterocycles. The standard InChI is InChI=1S/C13H10BrNOS3/c1-2-5-16-10-4-3-9(14)6-8(10)7-11-12(17)15-13(18)19-11/h2-4,6-7H,1,5H2,(H,15,17,18). The van der Waals surface area contributed by atoms with Crippen LogP contribution in [0.4, 0.5) is 0 Å². The number of rotatable bonds is 4. The molecule has 0 aliphatic carbocycles. The predicted molar refractivity (Wildman–Crippen MR) is 93.7 cm³/mol. The van der Waals surface area contributed by atoms with Crippen LogP contribution in [-0.4, -0.2) is 15.9 Å². The summed E-state index contributed by atoms with van der Waals surface area (Å²) in [7, 11) is 0. The van der Waals surface area contributed by atoms with E-state index < -0.39 is 0 Å². The molecule has 1 aliphatic rings. The summed E-state index contributed by atoms with van der Waals surface area (Å²) in [4.78, 5) is 1.59. The van der Waals surface area contributed by atoms with E-state index >= 15 is 0 Å². The van der Waals surface area contributed by atoms with Crippen LogP contribution in [-0.2, 0) is 0 Å². The summed E-state index contributed by atoms with van der Waals surface area (Å²) in [6.45, 7) is 4.11. The minimum absolute atomic E-state index is 0.464. The number of benzene rings is 1. The minimum Gasteiger partial charge on any atom is -0.489 e. The fraction of sp³-hybridized carbons (Fsp3) is 0.0769. The number of thiocarbonyl (C=S) groups is 2. The Labute approximate surface area is 135 Å². The molecule has 6 heteroatoms. The molecular formula is C13H10BrNOS3. The smallest absolute Gasteiger partial charge is 0.143 e. The quantitative estimate of drug-likeness (QED) is 0.482. The Hall–Kier alpha value is -0.690. The fourth-order valence-electron chi connectivity index (χ4n) is 1.47. The Morgan fingerprint density at radius 1 is 1.42 bits per heavy atom. The van der Waals surface area contributed by atoms with E-state index in [4.69, 9.17) is 29.2 Å². The molecular weight excluding hydrogens is 362 g/mol. The molecule has 0 bridgehead atoms. The first-order chi connectivity index (χ1) is 9.10. The highest BCUT2D eigenvalue weighted by Crippen LogP contribution is 2.31. The Bertz CT molecular complexity index is 583. The maximum atomic E-state index is 5.62. The SMILES string of the molecule is C=CCOc1ccc(Br)cc1C=C1SC(=S)NC1=S. The molecule has 0 atom stereocenters. The van der Waals surface area contributed by atoms with Crippen LogP contribution in [0.1, 0.15) is 5.56 Å². The summed E-state index contributed by atoms with van der Waals surface area (Å²) in [5.41, 5.74) is 0.951. The van der Waals surface area contributed by atoms with Gasteiger partial charge in [-0.3, -0.25) is 0 Å². The summed E-state index contributed by atoms with van der Waals surface area (Å²) in [5, 5.41) is 2.95. The molecule has 0 spiro atoms. The monoisotopic (exact) mass is 371 g/mol. The summed E-state index contributed by atoms with van der Waals surface area (Å²) in [6.07, 6.45) is 3.69. The maximum Gasteiger partial charge on any atom is 0.143 e. The first-order valence-electron chi connectivity index (χ1n) is 5.38. The predicted octanol–water partition coefficient (Wildman–Crippen LogP) is 4.30. The van der Waals surface area contributed by atoms with Crippen molar-refractivity contribution in [1.82, 2.24) is 5.32 Å². The highest BCUT2D eigenvalue weighted by atomic mass is 79.9. The lowest BCUT2D eigenvalue weighted by Gasteiger charge is -2.08. The topological polar surface area (TPSA) is 21.3 Å². The third kappa shape index (κ3) is 3.89. The van der Waals surface area contributed by atoms with Gasteiger partial charge in [-0.05, 0) is 24.3 Å². The van der Waals surface area contributed by atoms with Crippen LogP contribution < -0.4 is 10.1 Å². The van der Waals surface area contributed by atoms with E-state index in [-0.39, 0.29) is 0 Å². The van der Waals surface area contributed by atoms with Crippen LogP contribution in [0.2, 0.25) is 0 Å². The number of nitrogens with one attached hydrogen (secondary N) is 1. The molecule has 0 saturated carbocycles. The van der Waals surface area contributed by atoms with Crippen LogP contribution in [0.3, 0.4) is 0 Å². The lowest BCUT2D eigenvalue weighted by atomic mass is 10.2. The van der Waals surface area contributed by atoms with Gasteiger partial charge in [0.05, 0.1) is 4.91 Å². The lowest BCUT2D eigenvalue weighted by molar-refractivity contribution is 0.362. The van der Waals surface area contributed by atoms with Gasteiger partial charge in [-0.2, -0.15) is 0 Å². The second-order valence-corrected chi connectivity index (χ2v) is 6.68. The van der Waals surface area contributed by atoms with Gasteiger partial charge in [-0.1, -0.05) is 64.8 Å². The average molecular weight is 372 g/mol. The third-order valence-electron chi connectivity index (χ3n) is 2.26. The van der Waals surface area contributed by atoms with Crippen molar-refractivity contribution in [3.05, 3.63) is 45.8 Å². The Kier molecular flexibility index (Phi) is 5.15. The molecule has 98 valence electrons. The van der Waals surface area contributed by atoms with Crippen molar-refractivity contribution in [3.63, 3.8) is 0 Å². The summed E-state index contributed by atoms with van der Waals surface area (Å²) in [5.74, 6) is 0.789. The average Bonchev–Trinajstić information content (AvgIpc) is 2.67. The summed E-state index contributed by atoms with van der Waals surface area (Å²) >= 11 is 15.2. The van der Waals surface area contributed by atoms with Crippen molar-refractivity contribution < 1.29 is 4.74 Å². The molecule has 1 aromatic carbocycles. The van der Waals surface area contributed by atoms with Crippen LogP contribution in [0, 0.1) is 0 Å². The van der Waals surface area contributed by atoms with Crippen molar-refractivity contribution in [2.75, 3.05) is 6.61 Å². The number of hydrogen-bond acceptors (Lipinski definition) is 4. The number of halogens is 1. The van der Waals surface area contributed by atoms with Gasteiger partial charge in [0.1, 0.15) is 21.7 Å². The van der Waals surface area contributed by atoms with Gasteiger partial charge in [0.15, 0.2) is 0 Å². The van der Waals surface area contributed by atoms with Gasteiger partial charge < -0.3 is 10.1 Å². The van der Waals surface area contributed by atoms with E-state index in [1.807, 2.05) is 24.3 Å². The molecule has 1 N–H and O–H groups in total. The normalized spacial score (nSPS) is 16.6. The van der Waals surface area contributed by atoms with Gasteiger partial charge in [0, 0.05) is 10.0 Å². The Morgan fingerprint density at radius 2 is 2.21 bits per heavy atom. The molecule has 1 aromatic rings. The van der Waals surface area contributed by atoms with Gasteiger partial charge in [-0.25, -0.2) is 0 Å². The molecule has 0 radical (unpaired) electrons. The Morgan fingerprint density at radius 3 is 2.84 bits per heavy atom. The Balaban J connectivity index is 2.35. The highest BCUT2D eigenvalue weighted by Gasteiger charge is 2.19. The van der Waals surface area contributed by atoms with Crippen molar-refractivity contribution >= 4 is 67.5 Å². The van der Waals surface area contributed by atoms with E-state index in [0.29, 0.717) is 15.9 Å². The molecule has 0 unspecified atom stereocenters. The molecule has 2 rings (SSSR count).